The Labute approximate surface area is 112 Å². The Morgan fingerprint density at radius 3 is 2.33 bits per heavy atom. The molecule has 0 amide bonds. The van der Waals surface area contributed by atoms with Crippen molar-refractivity contribution in [3.8, 4) is 0 Å². The number of thiophene rings is 1. The first-order chi connectivity index (χ1) is 8.55. The zero-order chi connectivity index (χ0) is 13.2. The molecule has 0 saturated carbocycles. The Morgan fingerprint density at radius 2 is 1.83 bits per heavy atom. The maximum atomic E-state index is 12.5. The zero-order valence-electron chi connectivity index (χ0n) is 10.3. The van der Waals surface area contributed by atoms with Gasteiger partial charge in [0.05, 0.1) is 4.90 Å². The van der Waals surface area contributed by atoms with E-state index in [2.05, 4.69) is 0 Å². The average molecular weight is 281 g/mol. The fraction of sp³-hybridized carbons (Fsp3) is 0.231. The van der Waals surface area contributed by atoms with Crippen LogP contribution in [0.5, 0.6) is 0 Å². The van der Waals surface area contributed by atoms with Gasteiger partial charge in [-0.1, -0.05) is 17.7 Å². The molecule has 1 heterocycles. The predicted octanol–water partition coefficient (Wildman–Crippen LogP) is 3.27. The summed E-state index contributed by atoms with van der Waals surface area (Å²) in [5.41, 5.74) is 1.05. The van der Waals surface area contributed by atoms with E-state index in [1.807, 2.05) is 43.5 Å². The number of rotatable bonds is 4. The van der Waals surface area contributed by atoms with Crippen LogP contribution >= 0.6 is 11.3 Å². The molecular weight excluding hydrogens is 266 g/mol. The Balaban J connectivity index is 2.44. The van der Waals surface area contributed by atoms with E-state index in [1.165, 1.54) is 15.6 Å². The molecular formula is C13H15NO2S2. The van der Waals surface area contributed by atoms with Crippen molar-refractivity contribution in [1.82, 2.24) is 0 Å². The molecule has 0 bridgehead atoms. The molecule has 1 aromatic carbocycles. The highest BCUT2D eigenvalue weighted by Crippen LogP contribution is 2.27. The van der Waals surface area contributed by atoms with E-state index in [-0.39, 0.29) is 0 Å². The van der Waals surface area contributed by atoms with Gasteiger partial charge in [-0.15, -0.1) is 11.3 Å². The molecule has 0 unspecified atom stereocenters. The van der Waals surface area contributed by atoms with Crippen molar-refractivity contribution in [3.63, 3.8) is 0 Å². The molecule has 0 aliphatic rings. The molecule has 2 rings (SSSR count). The van der Waals surface area contributed by atoms with Gasteiger partial charge in [-0.3, -0.25) is 4.31 Å². The standard InChI is InChI=1S/C13H15NO2S2/c1-3-14(13-5-4-10-17-13)18(15,16)12-8-6-11(2)7-9-12/h4-10H,3H2,1-2H3. The van der Waals surface area contributed by atoms with Crippen molar-refractivity contribution < 1.29 is 8.42 Å². The van der Waals surface area contributed by atoms with Crippen molar-refractivity contribution in [2.75, 3.05) is 10.8 Å². The van der Waals surface area contributed by atoms with Gasteiger partial charge >= 0.3 is 0 Å². The van der Waals surface area contributed by atoms with E-state index in [0.29, 0.717) is 11.4 Å². The summed E-state index contributed by atoms with van der Waals surface area (Å²) < 4.78 is 26.4. The van der Waals surface area contributed by atoms with Crippen LogP contribution in [0.3, 0.4) is 0 Å². The van der Waals surface area contributed by atoms with E-state index in [1.54, 1.807) is 12.1 Å². The third-order valence-electron chi connectivity index (χ3n) is 2.65. The topological polar surface area (TPSA) is 37.4 Å². The van der Waals surface area contributed by atoms with Crippen LogP contribution in [0.15, 0.2) is 46.7 Å². The number of aryl methyl sites for hydroxylation is 1. The summed E-state index contributed by atoms with van der Waals surface area (Å²) in [7, 11) is -3.45. The van der Waals surface area contributed by atoms with Crippen molar-refractivity contribution in [3.05, 3.63) is 47.3 Å². The smallest absolute Gasteiger partial charge is 0.257 e. The van der Waals surface area contributed by atoms with E-state index >= 15 is 0 Å². The van der Waals surface area contributed by atoms with Gasteiger partial charge < -0.3 is 0 Å². The summed E-state index contributed by atoms with van der Waals surface area (Å²) in [6.45, 7) is 4.20. The number of anilines is 1. The summed E-state index contributed by atoms with van der Waals surface area (Å²) >= 11 is 1.43. The quantitative estimate of drug-likeness (QED) is 0.862. The molecule has 3 nitrogen and oxygen atoms in total. The van der Waals surface area contributed by atoms with E-state index in [9.17, 15) is 8.42 Å². The van der Waals surface area contributed by atoms with Crippen LogP contribution in [0.4, 0.5) is 5.00 Å². The molecule has 1 aromatic heterocycles. The number of hydrogen-bond donors (Lipinski definition) is 0. The van der Waals surface area contributed by atoms with Gasteiger partial charge in [0.2, 0.25) is 0 Å². The second-order valence-electron chi connectivity index (χ2n) is 3.93. The average Bonchev–Trinajstić information content (AvgIpc) is 2.84. The van der Waals surface area contributed by atoms with Gasteiger partial charge in [-0.2, -0.15) is 0 Å². The lowest BCUT2D eigenvalue weighted by Gasteiger charge is -2.21. The fourth-order valence-electron chi connectivity index (χ4n) is 1.69. The van der Waals surface area contributed by atoms with Crippen molar-refractivity contribution in [1.29, 1.82) is 0 Å². The second-order valence-corrected chi connectivity index (χ2v) is 6.72. The van der Waals surface area contributed by atoms with Gasteiger partial charge in [-0.25, -0.2) is 8.42 Å². The van der Waals surface area contributed by atoms with Gasteiger partial charge in [0, 0.05) is 6.54 Å². The first-order valence-electron chi connectivity index (χ1n) is 5.68. The highest BCUT2D eigenvalue weighted by atomic mass is 32.2. The van der Waals surface area contributed by atoms with E-state index < -0.39 is 10.0 Å². The van der Waals surface area contributed by atoms with Crippen LogP contribution < -0.4 is 4.31 Å². The summed E-state index contributed by atoms with van der Waals surface area (Å²) in [6, 6.07) is 10.6. The first-order valence-corrected chi connectivity index (χ1v) is 8.00. The van der Waals surface area contributed by atoms with Crippen LogP contribution in [-0.4, -0.2) is 15.0 Å². The Morgan fingerprint density at radius 1 is 1.17 bits per heavy atom. The molecule has 0 fully saturated rings. The van der Waals surface area contributed by atoms with Crippen molar-refractivity contribution in [2.24, 2.45) is 0 Å². The third-order valence-corrected chi connectivity index (χ3v) is 5.56. The summed E-state index contributed by atoms with van der Waals surface area (Å²) in [5.74, 6) is 0. The van der Waals surface area contributed by atoms with Crippen LogP contribution in [0.2, 0.25) is 0 Å². The van der Waals surface area contributed by atoms with E-state index in [4.69, 9.17) is 0 Å². The van der Waals surface area contributed by atoms with Crippen LogP contribution in [0.25, 0.3) is 0 Å². The molecule has 0 radical (unpaired) electrons. The Hall–Kier alpha value is -1.33. The van der Waals surface area contributed by atoms with Gasteiger partial charge in [0.1, 0.15) is 5.00 Å². The highest BCUT2D eigenvalue weighted by molar-refractivity contribution is 7.93. The normalized spacial score (nSPS) is 11.4. The number of benzene rings is 1. The lowest BCUT2D eigenvalue weighted by atomic mass is 10.2. The largest absolute Gasteiger partial charge is 0.264 e. The Bertz CT molecular complexity index is 601. The molecule has 0 N–H and O–H groups in total. The molecule has 0 spiro atoms. The maximum Gasteiger partial charge on any atom is 0.264 e. The van der Waals surface area contributed by atoms with Gasteiger partial charge in [0.25, 0.3) is 10.0 Å². The molecule has 0 aliphatic carbocycles. The summed E-state index contributed by atoms with van der Waals surface area (Å²) in [5, 5.41) is 2.63. The minimum atomic E-state index is -3.45. The molecule has 0 aliphatic heterocycles. The van der Waals surface area contributed by atoms with E-state index in [0.717, 1.165) is 10.6 Å². The number of hydrogen-bond acceptors (Lipinski definition) is 3. The van der Waals surface area contributed by atoms with Crippen LogP contribution in [0.1, 0.15) is 12.5 Å². The molecule has 18 heavy (non-hydrogen) atoms. The van der Waals surface area contributed by atoms with Gasteiger partial charge in [-0.05, 0) is 43.5 Å². The zero-order valence-corrected chi connectivity index (χ0v) is 12.0. The molecule has 0 saturated heterocycles. The molecule has 96 valence electrons. The minimum Gasteiger partial charge on any atom is -0.257 e. The third kappa shape index (κ3) is 2.42. The number of nitrogens with zero attached hydrogens (tertiary/aromatic N) is 1. The second kappa shape index (κ2) is 5.12. The lowest BCUT2D eigenvalue weighted by Crippen LogP contribution is -2.29. The lowest BCUT2D eigenvalue weighted by molar-refractivity contribution is 0.592. The highest BCUT2D eigenvalue weighted by Gasteiger charge is 2.23. The monoisotopic (exact) mass is 281 g/mol. The first kappa shape index (κ1) is 13.1. The SMILES string of the molecule is CCN(c1cccs1)S(=O)(=O)c1ccc(C)cc1. The van der Waals surface area contributed by atoms with Crippen molar-refractivity contribution in [2.45, 2.75) is 18.7 Å². The fourth-order valence-corrected chi connectivity index (χ4v) is 4.19. The van der Waals surface area contributed by atoms with Gasteiger partial charge in [0.15, 0.2) is 0 Å². The Kier molecular flexibility index (Phi) is 3.73. The number of sulfonamides is 1. The predicted molar refractivity (Wildman–Crippen MR) is 75.7 cm³/mol. The van der Waals surface area contributed by atoms with Crippen LogP contribution in [0, 0.1) is 6.92 Å². The maximum absolute atomic E-state index is 12.5. The molecule has 2 aromatic rings. The van der Waals surface area contributed by atoms with Crippen LogP contribution in [-0.2, 0) is 10.0 Å². The summed E-state index contributed by atoms with van der Waals surface area (Å²) in [4.78, 5) is 0.336. The summed E-state index contributed by atoms with van der Waals surface area (Å²) in [6.07, 6.45) is 0. The molecule has 0 atom stereocenters. The molecule has 5 heteroatoms. The minimum absolute atomic E-state index is 0.336. The van der Waals surface area contributed by atoms with Crippen molar-refractivity contribution >= 4 is 26.4 Å².